The van der Waals surface area contributed by atoms with Gasteiger partial charge in [0.1, 0.15) is 11.9 Å². The lowest BCUT2D eigenvalue weighted by atomic mass is 10.1. The Bertz CT molecular complexity index is 512. The molecule has 1 aromatic heterocycles. The molecule has 2 atom stereocenters. The Labute approximate surface area is 124 Å². The number of ether oxygens (including phenoxy) is 1. The molecule has 2 rings (SSSR count). The molecule has 0 aliphatic rings. The van der Waals surface area contributed by atoms with Gasteiger partial charge in [-0.15, -0.1) is 11.3 Å². The van der Waals surface area contributed by atoms with Gasteiger partial charge in [-0.1, -0.05) is 11.6 Å². The van der Waals surface area contributed by atoms with Crippen molar-refractivity contribution in [3.05, 3.63) is 50.1 Å². The Morgan fingerprint density at radius 1 is 1.22 bits per heavy atom. The molecule has 1 heterocycles. The minimum absolute atomic E-state index is 0.0915. The zero-order chi connectivity index (χ0) is 13.1. The molecule has 2 unspecified atom stereocenters. The number of nitrogens with two attached hydrogens (primary N) is 1. The standard InChI is InChI=1S/C13H13BrClNOS/c1-8(16)13(11-6-7-12(14)18-11)17-10-4-2-9(15)3-5-10/h2-8,13H,16H2,1H3. The van der Waals surface area contributed by atoms with Crippen molar-refractivity contribution in [2.75, 3.05) is 0 Å². The summed E-state index contributed by atoms with van der Waals surface area (Å²) in [5, 5.41) is 0.693. The highest BCUT2D eigenvalue weighted by atomic mass is 79.9. The van der Waals surface area contributed by atoms with Crippen molar-refractivity contribution in [3.8, 4) is 5.75 Å². The third-order valence-electron chi connectivity index (χ3n) is 2.43. The number of hydrogen-bond donors (Lipinski definition) is 1. The van der Waals surface area contributed by atoms with Crippen LogP contribution in [-0.4, -0.2) is 6.04 Å². The maximum absolute atomic E-state index is 6.00. The minimum atomic E-state index is -0.150. The van der Waals surface area contributed by atoms with E-state index in [1.807, 2.05) is 31.2 Å². The molecule has 0 fully saturated rings. The van der Waals surface area contributed by atoms with E-state index < -0.39 is 0 Å². The van der Waals surface area contributed by atoms with Gasteiger partial charge in [0.05, 0.1) is 3.79 Å². The second kappa shape index (κ2) is 6.06. The van der Waals surface area contributed by atoms with Gasteiger partial charge in [-0.05, 0) is 59.3 Å². The molecule has 0 amide bonds. The van der Waals surface area contributed by atoms with Crippen LogP contribution in [0.3, 0.4) is 0 Å². The van der Waals surface area contributed by atoms with Gasteiger partial charge in [0.15, 0.2) is 0 Å². The number of thiophene rings is 1. The summed E-state index contributed by atoms with van der Waals surface area (Å²) in [7, 11) is 0. The van der Waals surface area contributed by atoms with Crippen LogP contribution in [-0.2, 0) is 0 Å². The molecule has 0 aliphatic carbocycles. The van der Waals surface area contributed by atoms with Crippen molar-refractivity contribution in [2.45, 2.75) is 19.1 Å². The van der Waals surface area contributed by atoms with Crippen LogP contribution in [0, 0.1) is 0 Å². The predicted molar refractivity (Wildman–Crippen MR) is 80.5 cm³/mol. The summed E-state index contributed by atoms with van der Waals surface area (Å²) in [5.41, 5.74) is 6.00. The van der Waals surface area contributed by atoms with E-state index in [9.17, 15) is 0 Å². The van der Waals surface area contributed by atoms with Crippen molar-refractivity contribution in [3.63, 3.8) is 0 Å². The van der Waals surface area contributed by atoms with Crippen molar-refractivity contribution in [1.29, 1.82) is 0 Å². The average molecular weight is 347 g/mol. The fourth-order valence-electron chi connectivity index (χ4n) is 1.57. The van der Waals surface area contributed by atoms with Crippen LogP contribution < -0.4 is 10.5 Å². The Kier molecular flexibility index (Phi) is 4.67. The quantitative estimate of drug-likeness (QED) is 0.876. The molecule has 0 radical (unpaired) electrons. The first-order valence-electron chi connectivity index (χ1n) is 5.49. The zero-order valence-electron chi connectivity index (χ0n) is 9.77. The van der Waals surface area contributed by atoms with E-state index in [1.54, 1.807) is 23.5 Å². The Morgan fingerprint density at radius 3 is 2.39 bits per heavy atom. The van der Waals surface area contributed by atoms with Gasteiger partial charge in [-0.25, -0.2) is 0 Å². The highest BCUT2D eigenvalue weighted by Crippen LogP contribution is 2.32. The molecular weight excluding hydrogens is 334 g/mol. The second-order valence-electron chi connectivity index (χ2n) is 3.99. The van der Waals surface area contributed by atoms with Gasteiger partial charge in [-0.3, -0.25) is 0 Å². The number of rotatable bonds is 4. The van der Waals surface area contributed by atoms with Gasteiger partial charge in [-0.2, -0.15) is 0 Å². The van der Waals surface area contributed by atoms with Gasteiger partial charge in [0.2, 0.25) is 0 Å². The van der Waals surface area contributed by atoms with Gasteiger partial charge in [0, 0.05) is 15.9 Å². The lowest BCUT2D eigenvalue weighted by molar-refractivity contribution is 0.184. The molecule has 0 spiro atoms. The number of halogens is 2. The van der Waals surface area contributed by atoms with Crippen molar-refractivity contribution in [2.24, 2.45) is 5.73 Å². The summed E-state index contributed by atoms with van der Waals surface area (Å²) in [6.45, 7) is 1.94. The summed E-state index contributed by atoms with van der Waals surface area (Å²) in [6.07, 6.45) is -0.150. The summed E-state index contributed by atoms with van der Waals surface area (Å²) in [6, 6.07) is 11.2. The lowest BCUT2D eigenvalue weighted by Crippen LogP contribution is -2.28. The topological polar surface area (TPSA) is 35.2 Å². The van der Waals surface area contributed by atoms with Crippen LogP contribution in [0.25, 0.3) is 0 Å². The third-order valence-corrected chi connectivity index (χ3v) is 4.37. The highest BCUT2D eigenvalue weighted by molar-refractivity contribution is 9.11. The maximum Gasteiger partial charge on any atom is 0.148 e. The fraction of sp³-hybridized carbons (Fsp3) is 0.231. The molecule has 2 N–H and O–H groups in total. The summed E-state index contributed by atoms with van der Waals surface area (Å²) in [5.74, 6) is 0.770. The summed E-state index contributed by atoms with van der Waals surface area (Å²) < 4.78 is 7.01. The molecule has 1 aromatic carbocycles. The Balaban J connectivity index is 2.19. The van der Waals surface area contributed by atoms with Crippen molar-refractivity contribution >= 4 is 38.9 Å². The molecule has 2 nitrogen and oxygen atoms in total. The molecular formula is C13H13BrClNOS. The number of benzene rings is 1. The Morgan fingerprint density at radius 2 is 1.89 bits per heavy atom. The normalized spacial score (nSPS) is 14.2. The smallest absolute Gasteiger partial charge is 0.148 e. The second-order valence-corrected chi connectivity index (χ2v) is 6.92. The van der Waals surface area contributed by atoms with E-state index >= 15 is 0 Å². The summed E-state index contributed by atoms with van der Waals surface area (Å²) in [4.78, 5) is 1.10. The first-order chi connectivity index (χ1) is 8.56. The maximum atomic E-state index is 6.00. The van der Waals surface area contributed by atoms with E-state index in [1.165, 1.54) is 0 Å². The summed E-state index contributed by atoms with van der Waals surface area (Å²) >= 11 is 10.9. The molecule has 0 aliphatic heterocycles. The van der Waals surface area contributed by atoms with Crippen molar-refractivity contribution < 1.29 is 4.74 Å². The van der Waals surface area contributed by atoms with Gasteiger partial charge < -0.3 is 10.5 Å². The van der Waals surface area contributed by atoms with E-state index in [0.29, 0.717) is 5.02 Å². The largest absolute Gasteiger partial charge is 0.483 e. The first kappa shape index (κ1) is 13.9. The molecule has 0 saturated heterocycles. The SMILES string of the molecule is CC(N)C(Oc1ccc(Cl)cc1)c1ccc(Br)s1. The van der Waals surface area contributed by atoms with Crippen LogP contribution in [0.4, 0.5) is 0 Å². The molecule has 2 aromatic rings. The van der Waals surface area contributed by atoms with Crippen LogP contribution >= 0.6 is 38.9 Å². The monoisotopic (exact) mass is 345 g/mol. The molecule has 18 heavy (non-hydrogen) atoms. The van der Waals surface area contributed by atoms with Gasteiger partial charge in [0.25, 0.3) is 0 Å². The minimum Gasteiger partial charge on any atom is -0.483 e. The lowest BCUT2D eigenvalue weighted by Gasteiger charge is -2.21. The fourth-order valence-corrected chi connectivity index (χ4v) is 3.26. The first-order valence-corrected chi connectivity index (χ1v) is 7.48. The molecule has 96 valence electrons. The molecule has 0 saturated carbocycles. The van der Waals surface area contributed by atoms with Crippen LogP contribution in [0.2, 0.25) is 5.02 Å². The van der Waals surface area contributed by atoms with E-state index in [0.717, 1.165) is 14.4 Å². The van der Waals surface area contributed by atoms with E-state index in [2.05, 4.69) is 15.9 Å². The molecule has 5 heteroatoms. The van der Waals surface area contributed by atoms with E-state index in [-0.39, 0.29) is 12.1 Å². The third kappa shape index (κ3) is 3.48. The van der Waals surface area contributed by atoms with Crippen LogP contribution in [0.1, 0.15) is 17.9 Å². The predicted octanol–water partition coefficient (Wildman–Crippen LogP) is 4.63. The van der Waals surface area contributed by atoms with Crippen LogP contribution in [0.5, 0.6) is 5.75 Å². The van der Waals surface area contributed by atoms with Gasteiger partial charge >= 0.3 is 0 Å². The average Bonchev–Trinajstić information content (AvgIpc) is 2.74. The number of hydrogen-bond acceptors (Lipinski definition) is 3. The zero-order valence-corrected chi connectivity index (χ0v) is 12.9. The molecule has 0 bridgehead atoms. The van der Waals surface area contributed by atoms with Crippen LogP contribution in [0.15, 0.2) is 40.2 Å². The van der Waals surface area contributed by atoms with E-state index in [4.69, 9.17) is 22.1 Å². The van der Waals surface area contributed by atoms with Crippen molar-refractivity contribution in [1.82, 2.24) is 0 Å². The highest BCUT2D eigenvalue weighted by Gasteiger charge is 2.20. The Hall–Kier alpha value is -0.550.